The van der Waals surface area contributed by atoms with Crippen LogP contribution in [0.25, 0.3) is 0 Å². The summed E-state index contributed by atoms with van der Waals surface area (Å²) in [4.78, 5) is 4.38. The summed E-state index contributed by atoms with van der Waals surface area (Å²) in [7, 11) is 0. The summed E-state index contributed by atoms with van der Waals surface area (Å²) >= 11 is 0. The summed E-state index contributed by atoms with van der Waals surface area (Å²) in [5.74, 6) is 0. The third-order valence-electron chi connectivity index (χ3n) is 3.06. The quantitative estimate of drug-likeness (QED) is 0.824. The van der Waals surface area contributed by atoms with Crippen molar-refractivity contribution in [1.82, 2.24) is 4.98 Å². The van der Waals surface area contributed by atoms with E-state index in [1.807, 2.05) is 18.3 Å². The molecule has 3 rings (SSSR count). The minimum Gasteiger partial charge on any atom is -0.384 e. The molecule has 1 aliphatic rings. The van der Waals surface area contributed by atoms with Crippen molar-refractivity contribution in [2.24, 2.45) is 0 Å². The van der Waals surface area contributed by atoms with E-state index in [1.165, 1.54) is 16.8 Å². The molecule has 0 saturated heterocycles. The van der Waals surface area contributed by atoms with E-state index in [1.54, 1.807) is 0 Å². The number of anilines is 1. The molecule has 0 spiro atoms. The summed E-state index contributed by atoms with van der Waals surface area (Å²) in [6, 6.07) is 12.6. The molecule has 2 heterocycles. The predicted molar refractivity (Wildman–Crippen MR) is 65.7 cm³/mol. The summed E-state index contributed by atoms with van der Waals surface area (Å²) < 4.78 is 0. The molecule has 0 aliphatic carbocycles. The molecule has 1 aliphatic heterocycles. The summed E-state index contributed by atoms with van der Waals surface area (Å²) in [5.41, 5.74) is 5.31. The van der Waals surface area contributed by atoms with Gasteiger partial charge in [0.1, 0.15) is 0 Å². The first-order chi connectivity index (χ1) is 7.93. The Labute approximate surface area is 95.3 Å². The topological polar surface area (TPSA) is 24.9 Å². The van der Waals surface area contributed by atoms with Crippen molar-refractivity contribution < 1.29 is 0 Å². The zero-order valence-corrected chi connectivity index (χ0v) is 9.11. The minimum absolute atomic E-state index is 0.936. The predicted octanol–water partition coefficient (Wildman–Crippen LogP) is 2.64. The highest BCUT2D eigenvalue weighted by molar-refractivity contribution is 5.59. The van der Waals surface area contributed by atoms with Crippen LogP contribution in [0.1, 0.15) is 16.8 Å². The largest absolute Gasteiger partial charge is 0.384 e. The molecule has 0 fully saturated rings. The molecular weight excluding hydrogens is 196 g/mol. The van der Waals surface area contributed by atoms with Crippen LogP contribution in [0.15, 0.2) is 42.6 Å². The normalized spacial score (nSPS) is 13.2. The molecule has 80 valence electrons. The van der Waals surface area contributed by atoms with Gasteiger partial charge in [-0.2, -0.15) is 0 Å². The molecule has 0 bridgehead atoms. The highest BCUT2D eigenvalue weighted by Gasteiger charge is 2.13. The third-order valence-corrected chi connectivity index (χ3v) is 3.06. The molecule has 2 aromatic rings. The van der Waals surface area contributed by atoms with Crippen LogP contribution in [-0.4, -0.2) is 11.5 Å². The fraction of sp³-hybridized carbons (Fsp3) is 0.214. The number of hydrogen-bond acceptors (Lipinski definition) is 2. The zero-order chi connectivity index (χ0) is 10.8. The lowest BCUT2D eigenvalue weighted by Crippen LogP contribution is -1.95. The molecule has 1 N–H and O–H groups in total. The number of nitrogens with zero attached hydrogens (tertiary/aromatic N) is 1. The van der Waals surface area contributed by atoms with Crippen LogP contribution in [0, 0.1) is 0 Å². The van der Waals surface area contributed by atoms with Crippen molar-refractivity contribution in [2.75, 3.05) is 11.9 Å². The number of fused-ring (bicyclic) bond motifs is 1. The van der Waals surface area contributed by atoms with Gasteiger partial charge in [0.25, 0.3) is 0 Å². The second-order valence-electron chi connectivity index (χ2n) is 4.12. The Morgan fingerprint density at radius 1 is 1.12 bits per heavy atom. The summed E-state index contributed by atoms with van der Waals surface area (Å²) in [6.07, 6.45) is 3.93. The van der Waals surface area contributed by atoms with Crippen molar-refractivity contribution in [3.8, 4) is 0 Å². The van der Waals surface area contributed by atoms with Crippen LogP contribution >= 0.6 is 0 Å². The van der Waals surface area contributed by atoms with Gasteiger partial charge in [0.2, 0.25) is 0 Å². The van der Waals surface area contributed by atoms with Gasteiger partial charge in [0.05, 0.1) is 0 Å². The van der Waals surface area contributed by atoms with E-state index in [-0.39, 0.29) is 0 Å². The fourth-order valence-electron chi connectivity index (χ4n) is 2.28. The highest BCUT2D eigenvalue weighted by atomic mass is 14.9. The molecule has 0 atom stereocenters. The lowest BCUT2D eigenvalue weighted by Gasteiger charge is -2.07. The fourth-order valence-corrected chi connectivity index (χ4v) is 2.28. The van der Waals surface area contributed by atoms with E-state index in [4.69, 9.17) is 0 Å². The molecule has 1 aromatic heterocycles. The molecule has 1 aromatic carbocycles. The van der Waals surface area contributed by atoms with Gasteiger partial charge >= 0.3 is 0 Å². The van der Waals surface area contributed by atoms with Crippen molar-refractivity contribution in [2.45, 2.75) is 12.8 Å². The van der Waals surface area contributed by atoms with Crippen molar-refractivity contribution in [3.63, 3.8) is 0 Å². The number of rotatable bonds is 2. The first kappa shape index (κ1) is 9.40. The molecule has 0 saturated carbocycles. The number of nitrogens with one attached hydrogen (secondary N) is 1. The van der Waals surface area contributed by atoms with Crippen LogP contribution in [0.5, 0.6) is 0 Å². The molecule has 2 nitrogen and oxygen atoms in total. The van der Waals surface area contributed by atoms with Gasteiger partial charge in [-0.15, -0.1) is 0 Å². The number of pyridine rings is 1. The average molecular weight is 210 g/mol. The zero-order valence-electron chi connectivity index (χ0n) is 9.11. The van der Waals surface area contributed by atoms with Gasteiger partial charge < -0.3 is 5.32 Å². The maximum atomic E-state index is 4.38. The van der Waals surface area contributed by atoms with Crippen LogP contribution in [0.4, 0.5) is 5.69 Å². The molecule has 0 unspecified atom stereocenters. The van der Waals surface area contributed by atoms with Gasteiger partial charge in [-0.1, -0.05) is 18.2 Å². The summed E-state index contributed by atoms with van der Waals surface area (Å²) in [5, 5.41) is 3.41. The maximum absolute atomic E-state index is 4.38. The molecule has 2 heteroatoms. The molecular formula is C14H14N2. The standard InChI is InChI=1S/C14H14N2/c1-2-8-15-12(5-1)10-11-4-3-6-14-13(11)7-9-16-14/h1-6,8,16H,7,9-10H2. The molecule has 0 amide bonds. The Hall–Kier alpha value is -1.83. The van der Waals surface area contributed by atoms with E-state index in [0.717, 1.165) is 25.1 Å². The van der Waals surface area contributed by atoms with Gasteiger partial charge in [0.15, 0.2) is 0 Å². The van der Waals surface area contributed by atoms with Gasteiger partial charge in [-0.25, -0.2) is 0 Å². The van der Waals surface area contributed by atoms with Crippen LogP contribution in [0.2, 0.25) is 0 Å². The first-order valence-corrected chi connectivity index (χ1v) is 5.68. The maximum Gasteiger partial charge on any atom is 0.0447 e. The van der Waals surface area contributed by atoms with Crippen LogP contribution < -0.4 is 5.32 Å². The number of hydrogen-bond donors (Lipinski definition) is 1. The van der Waals surface area contributed by atoms with Crippen molar-refractivity contribution >= 4 is 5.69 Å². The van der Waals surface area contributed by atoms with Crippen molar-refractivity contribution in [3.05, 3.63) is 59.4 Å². The second-order valence-corrected chi connectivity index (χ2v) is 4.12. The van der Waals surface area contributed by atoms with Gasteiger partial charge in [-0.3, -0.25) is 4.98 Å². The van der Waals surface area contributed by atoms with Gasteiger partial charge in [0, 0.05) is 30.5 Å². The van der Waals surface area contributed by atoms with Crippen LogP contribution in [0.3, 0.4) is 0 Å². The minimum atomic E-state index is 0.936. The Morgan fingerprint density at radius 3 is 3.00 bits per heavy atom. The van der Waals surface area contributed by atoms with E-state index < -0.39 is 0 Å². The van der Waals surface area contributed by atoms with E-state index in [9.17, 15) is 0 Å². The SMILES string of the molecule is c1ccc(Cc2cccc3c2CCN3)nc1. The smallest absolute Gasteiger partial charge is 0.0447 e. The van der Waals surface area contributed by atoms with Crippen molar-refractivity contribution in [1.29, 1.82) is 0 Å². The monoisotopic (exact) mass is 210 g/mol. The highest BCUT2D eigenvalue weighted by Crippen LogP contribution is 2.26. The number of aromatic nitrogens is 1. The summed E-state index contributed by atoms with van der Waals surface area (Å²) in [6.45, 7) is 1.06. The molecule has 16 heavy (non-hydrogen) atoms. The lowest BCUT2D eigenvalue weighted by molar-refractivity contribution is 1.03. The Kier molecular flexibility index (Phi) is 2.33. The lowest BCUT2D eigenvalue weighted by atomic mass is 10.0. The Balaban J connectivity index is 1.94. The van der Waals surface area contributed by atoms with E-state index in [0.29, 0.717) is 0 Å². The first-order valence-electron chi connectivity index (χ1n) is 5.68. The second kappa shape index (κ2) is 3.97. The number of benzene rings is 1. The Morgan fingerprint density at radius 2 is 2.12 bits per heavy atom. The third kappa shape index (κ3) is 1.67. The van der Waals surface area contributed by atoms with Gasteiger partial charge in [-0.05, 0) is 35.7 Å². The van der Waals surface area contributed by atoms with E-state index >= 15 is 0 Å². The van der Waals surface area contributed by atoms with Crippen LogP contribution in [-0.2, 0) is 12.8 Å². The Bertz CT molecular complexity index is 491. The molecule has 0 radical (unpaired) electrons. The average Bonchev–Trinajstić information content (AvgIpc) is 2.80. The van der Waals surface area contributed by atoms with E-state index in [2.05, 4.69) is 34.6 Å².